The van der Waals surface area contributed by atoms with Crippen LogP contribution in [0, 0.1) is 17.8 Å². The highest BCUT2D eigenvalue weighted by Gasteiger charge is 2.23. The summed E-state index contributed by atoms with van der Waals surface area (Å²) in [6.45, 7) is 17.9. The monoisotopic (exact) mass is 301 g/mol. The van der Waals surface area contributed by atoms with Crippen LogP contribution in [0.15, 0.2) is 24.3 Å². The Morgan fingerprint density at radius 1 is 1.05 bits per heavy atom. The van der Waals surface area contributed by atoms with Crippen LogP contribution in [0.1, 0.15) is 59.1 Å². The molecule has 2 rings (SSSR count). The fraction of sp³-hybridized carbons (Fsp3) is 0.714. The summed E-state index contributed by atoms with van der Waals surface area (Å²) in [5.74, 6) is 2.46. The van der Waals surface area contributed by atoms with Gasteiger partial charge in [0.2, 0.25) is 0 Å². The zero-order chi connectivity index (χ0) is 16.3. The largest absolute Gasteiger partial charge is 0.303 e. The Balaban J connectivity index is 1.87. The van der Waals surface area contributed by atoms with Gasteiger partial charge in [-0.1, -0.05) is 65.8 Å². The Labute approximate surface area is 138 Å². The Morgan fingerprint density at radius 2 is 1.59 bits per heavy atom. The summed E-state index contributed by atoms with van der Waals surface area (Å²) < 4.78 is 0. The second kappa shape index (κ2) is 7.17. The third kappa shape index (κ3) is 5.12. The predicted octanol–water partition coefficient (Wildman–Crippen LogP) is 5.14. The zero-order valence-corrected chi connectivity index (χ0v) is 15.5. The van der Waals surface area contributed by atoms with Crippen molar-refractivity contribution in [3.8, 4) is 0 Å². The first kappa shape index (κ1) is 17.5. The van der Waals surface area contributed by atoms with Crippen molar-refractivity contribution in [2.24, 2.45) is 17.8 Å². The Hall–Kier alpha value is -0.820. The molecule has 1 fully saturated rings. The van der Waals surface area contributed by atoms with Crippen LogP contribution in [0.4, 0.5) is 0 Å². The normalized spacial score (nSPS) is 25.2. The summed E-state index contributed by atoms with van der Waals surface area (Å²) in [5, 5.41) is 0. The molecular weight excluding hydrogens is 266 g/mol. The lowest BCUT2D eigenvalue weighted by molar-refractivity contribution is 0.125. The van der Waals surface area contributed by atoms with Gasteiger partial charge in [-0.15, -0.1) is 0 Å². The molecule has 0 amide bonds. The van der Waals surface area contributed by atoms with Crippen molar-refractivity contribution in [1.29, 1.82) is 0 Å². The number of nitrogens with zero attached hydrogens (tertiary/aromatic N) is 1. The van der Waals surface area contributed by atoms with E-state index in [0.29, 0.717) is 0 Å². The van der Waals surface area contributed by atoms with Gasteiger partial charge in [0.25, 0.3) is 0 Å². The summed E-state index contributed by atoms with van der Waals surface area (Å²) in [5.41, 5.74) is 3.17. The molecule has 1 heteroatoms. The van der Waals surface area contributed by atoms with E-state index in [1.54, 1.807) is 0 Å². The molecule has 1 aliphatic rings. The quantitative estimate of drug-likeness (QED) is 0.744. The van der Waals surface area contributed by atoms with Crippen molar-refractivity contribution < 1.29 is 0 Å². The highest BCUT2D eigenvalue weighted by Crippen LogP contribution is 2.24. The van der Waals surface area contributed by atoms with Crippen LogP contribution in [0.25, 0.3) is 0 Å². The third-order valence-corrected chi connectivity index (χ3v) is 4.92. The van der Waals surface area contributed by atoms with Gasteiger partial charge in [-0.05, 0) is 47.1 Å². The molecule has 3 unspecified atom stereocenters. The van der Waals surface area contributed by atoms with Crippen molar-refractivity contribution in [1.82, 2.24) is 4.90 Å². The van der Waals surface area contributed by atoms with E-state index in [9.17, 15) is 0 Å². The van der Waals surface area contributed by atoms with E-state index in [0.717, 1.165) is 17.8 Å². The highest BCUT2D eigenvalue weighted by atomic mass is 15.1. The standard InChI is InChI=1S/C21H35N/c1-16-11-17(2)14-22(13-16)15-18(3)12-19-7-9-20(10-8-19)21(4,5)6/h7-10,16-18H,11-15H2,1-6H3. The van der Waals surface area contributed by atoms with E-state index in [1.807, 2.05) is 0 Å². The summed E-state index contributed by atoms with van der Waals surface area (Å²) in [7, 11) is 0. The molecule has 0 radical (unpaired) electrons. The van der Waals surface area contributed by atoms with Gasteiger partial charge >= 0.3 is 0 Å². The number of hydrogen-bond acceptors (Lipinski definition) is 1. The first-order valence-electron chi connectivity index (χ1n) is 9.06. The Bertz CT molecular complexity index is 444. The van der Waals surface area contributed by atoms with Crippen molar-refractivity contribution >= 4 is 0 Å². The number of benzene rings is 1. The minimum atomic E-state index is 0.254. The van der Waals surface area contributed by atoms with Crippen molar-refractivity contribution in [2.45, 2.75) is 59.8 Å². The van der Waals surface area contributed by atoms with E-state index >= 15 is 0 Å². The lowest BCUT2D eigenvalue weighted by Gasteiger charge is -2.36. The average Bonchev–Trinajstić information content (AvgIpc) is 2.36. The molecular formula is C21H35N. The van der Waals surface area contributed by atoms with Crippen LogP contribution in [-0.4, -0.2) is 24.5 Å². The summed E-state index contributed by atoms with van der Waals surface area (Å²) in [4.78, 5) is 2.69. The lowest BCUT2D eigenvalue weighted by Crippen LogP contribution is -2.41. The van der Waals surface area contributed by atoms with E-state index < -0.39 is 0 Å². The third-order valence-electron chi connectivity index (χ3n) is 4.92. The number of rotatable bonds is 4. The molecule has 1 saturated heterocycles. The summed E-state index contributed by atoms with van der Waals surface area (Å²) in [6, 6.07) is 9.29. The minimum absolute atomic E-state index is 0.254. The minimum Gasteiger partial charge on any atom is -0.303 e. The van der Waals surface area contributed by atoms with Gasteiger partial charge in [-0.25, -0.2) is 0 Å². The average molecular weight is 302 g/mol. The molecule has 3 atom stereocenters. The van der Waals surface area contributed by atoms with E-state index in [2.05, 4.69) is 70.7 Å². The molecule has 0 spiro atoms. The van der Waals surface area contributed by atoms with E-state index in [-0.39, 0.29) is 5.41 Å². The number of hydrogen-bond donors (Lipinski definition) is 0. The predicted molar refractivity (Wildman–Crippen MR) is 97.4 cm³/mol. The molecule has 1 aromatic carbocycles. The zero-order valence-electron chi connectivity index (χ0n) is 15.5. The second-order valence-electron chi connectivity index (χ2n) is 8.92. The second-order valence-corrected chi connectivity index (χ2v) is 8.92. The van der Waals surface area contributed by atoms with Crippen LogP contribution in [-0.2, 0) is 11.8 Å². The lowest BCUT2D eigenvalue weighted by atomic mass is 9.86. The molecule has 22 heavy (non-hydrogen) atoms. The van der Waals surface area contributed by atoms with E-state index in [4.69, 9.17) is 0 Å². The maximum absolute atomic E-state index is 2.69. The maximum Gasteiger partial charge on any atom is 0.00104 e. The topological polar surface area (TPSA) is 3.24 Å². The van der Waals surface area contributed by atoms with Gasteiger partial charge in [-0.2, -0.15) is 0 Å². The Kier molecular flexibility index (Phi) is 5.71. The molecule has 0 aliphatic carbocycles. The van der Waals surface area contributed by atoms with Gasteiger partial charge < -0.3 is 4.90 Å². The van der Waals surface area contributed by atoms with Crippen molar-refractivity contribution in [3.05, 3.63) is 35.4 Å². The van der Waals surface area contributed by atoms with Crippen LogP contribution in [0.3, 0.4) is 0 Å². The van der Waals surface area contributed by atoms with Crippen molar-refractivity contribution in [2.75, 3.05) is 19.6 Å². The molecule has 0 aromatic heterocycles. The summed E-state index contributed by atoms with van der Waals surface area (Å²) in [6.07, 6.45) is 2.60. The Morgan fingerprint density at radius 3 is 2.09 bits per heavy atom. The first-order valence-corrected chi connectivity index (χ1v) is 9.06. The smallest absolute Gasteiger partial charge is 0.00104 e. The molecule has 0 saturated carbocycles. The van der Waals surface area contributed by atoms with Gasteiger partial charge in [0, 0.05) is 19.6 Å². The molecule has 0 bridgehead atoms. The van der Waals surface area contributed by atoms with Crippen LogP contribution in [0.5, 0.6) is 0 Å². The van der Waals surface area contributed by atoms with Gasteiger partial charge in [0.05, 0.1) is 0 Å². The summed E-state index contributed by atoms with van der Waals surface area (Å²) >= 11 is 0. The molecule has 1 heterocycles. The van der Waals surface area contributed by atoms with Gasteiger partial charge in [0.15, 0.2) is 0 Å². The van der Waals surface area contributed by atoms with Crippen LogP contribution >= 0.6 is 0 Å². The van der Waals surface area contributed by atoms with Gasteiger partial charge in [0.1, 0.15) is 0 Å². The first-order chi connectivity index (χ1) is 10.2. The number of piperidine rings is 1. The molecule has 1 aliphatic heterocycles. The van der Waals surface area contributed by atoms with E-state index in [1.165, 1.54) is 43.6 Å². The van der Waals surface area contributed by atoms with Gasteiger partial charge in [-0.3, -0.25) is 0 Å². The molecule has 1 nitrogen and oxygen atoms in total. The van der Waals surface area contributed by atoms with Crippen molar-refractivity contribution in [3.63, 3.8) is 0 Å². The van der Waals surface area contributed by atoms with Crippen LogP contribution in [0.2, 0.25) is 0 Å². The highest BCUT2D eigenvalue weighted by molar-refractivity contribution is 5.27. The maximum atomic E-state index is 2.69. The molecule has 0 N–H and O–H groups in total. The molecule has 124 valence electrons. The molecule has 1 aromatic rings. The number of likely N-dealkylation sites (tertiary alicyclic amines) is 1. The fourth-order valence-corrected chi connectivity index (χ4v) is 3.99. The fourth-order valence-electron chi connectivity index (χ4n) is 3.99. The van der Waals surface area contributed by atoms with Crippen LogP contribution < -0.4 is 0 Å². The SMILES string of the molecule is CC(Cc1ccc(C(C)(C)C)cc1)CN1CC(C)CC(C)C1.